The van der Waals surface area contributed by atoms with E-state index in [1.54, 1.807) is 12.1 Å². The van der Waals surface area contributed by atoms with Crippen LogP contribution < -0.4 is 5.32 Å². The number of hydrogen-bond acceptors (Lipinski definition) is 4. The highest BCUT2D eigenvalue weighted by Gasteiger charge is 2.30. The molecule has 0 saturated heterocycles. The Morgan fingerprint density at radius 3 is 2.29 bits per heavy atom. The number of anilines is 1. The third-order valence-corrected chi connectivity index (χ3v) is 6.41. The Balaban J connectivity index is 1.55. The van der Waals surface area contributed by atoms with Crippen LogP contribution >= 0.6 is 11.8 Å². The quantitative estimate of drug-likeness (QED) is 0.381. The van der Waals surface area contributed by atoms with E-state index in [2.05, 4.69) is 5.32 Å². The maximum absolute atomic E-state index is 13.5. The Morgan fingerprint density at radius 1 is 0.971 bits per heavy atom. The van der Waals surface area contributed by atoms with Crippen molar-refractivity contribution in [2.75, 3.05) is 11.1 Å². The van der Waals surface area contributed by atoms with Crippen molar-refractivity contribution in [2.24, 2.45) is 9.98 Å². The van der Waals surface area contributed by atoms with Gasteiger partial charge in [-0.15, -0.1) is 11.8 Å². The first-order valence-corrected chi connectivity index (χ1v) is 11.7. The second kappa shape index (κ2) is 10.0. The van der Waals surface area contributed by atoms with E-state index < -0.39 is 17.6 Å². The number of carbonyl (C=O) groups is 1. The van der Waals surface area contributed by atoms with Crippen LogP contribution in [0.5, 0.6) is 0 Å². The summed E-state index contributed by atoms with van der Waals surface area (Å²) in [5.41, 5.74) is 4.08. The van der Waals surface area contributed by atoms with Gasteiger partial charge in [-0.05, 0) is 73.0 Å². The predicted molar refractivity (Wildman–Crippen MR) is 133 cm³/mol. The molecule has 1 aliphatic heterocycles. The predicted octanol–water partition coefficient (Wildman–Crippen LogP) is 7.39. The number of alkyl halides is 3. The zero-order valence-electron chi connectivity index (χ0n) is 18.9. The van der Waals surface area contributed by atoms with Gasteiger partial charge in [-0.2, -0.15) is 13.2 Å². The fraction of sp³-hybridized carbons (Fsp3) is 0.192. The van der Waals surface area contributed by atoms with Crippen LogP contribution in [-0.2, 0) is 11.0 Å². The second-order valence-corrected chi connectivity index (χ2v) is 9.14. The van der Waals surface area contributed by atoms with Crippen molar-refractivity contribution < 1.29 is 22.4 Å². The monoisotopic (exact) mass is 499 g/mol. The molecule has 3 aromatic rings. The number of aryl methyl sites for hydroxylation is 2. The average molecular weight is 500 g/mol. The van der Waals surface area contributed by atoms with Crippen LogP contribution in [-0.4, -0.2) is 22.4 Å². The lowest BCUT2D eigenvalue weighted by Gasteiger charge is -2.10. The summed E-state index contributed by atoms with van der Waals surface area (Å²) in [5, 5.41) is 3.13. The molecule has 0 unspecified atom stereocenters. The van der Waals surface area contributed by atoms with Crippen LogP contribution in [0.15, 0.2) is 70.6 Å². The Hall–Kier alpha value is -3.46. The van der Waals surface area contributed by atoms with Gasteiger partial charge in [0.05, 0.1) is 33.4 Å². The van der Waals surface area contributed by atoms with Crippen molar-refractivity contribution in [1.29, 1.82) is 0 Å². The molecule has 1 aliphatic rings. The maximum atomic E-state index is 13.5. The van der Waals surface area contributed by atoms with Crippen LogP contribution in [0, 0.1) is 19.7 Å². The molecule has 0 radical (unpaired) electrons. The van der Waals surface area contributed by atoms with E-state index in [1.807, 2.05) is 26.0 Å². The highest BCUT2D eigenvalue weighted by Crippen LogP contribution is 2.36. The summed E-state index contributed by atoms with van der Waals surface area (Å²) in [6, 6.07) is 14.3. The summed E-state index contributed by atoms with van der Waals surface area (Å²) >= 11 is 1.18. The van der Waals surface area contributed by atoms with E-state index in [-0.39, 0.29) is 17.3 Å². The molecule has 4 nitrogen and oxygen atoms in total. The fourth-order valence-electron chi connectivity index (χ4n) is 3.48. The summed E-state index contributed by atoms with van der Waals surface area (Å²) in [4.78, 5) is 22.0. The fourth-order valence-corrected chi connectivity index (χ4v) is 4.25. The third-order valence-electron chi connectivity index (χ3n) is 5.43. The molecule has 0 atom stereocenters. The number of hydrogen-bond donors (Lipinski definition) is 1. The number of thioether (sulfide) groups is 1. The molecule has 35 heavy (non-hydrogen) atoms. The number of benzene rings is 3. The van der Waals surface area contributed by atoms with Crippen LogP contribution in [0.1, 0.15) is 28.7 Å². The van der Waals surface area contributed by atoms with Crippen molar-refractivity contribution >= 4 is 45.5 Å². The van der Waals surface area contributed by atoms with E-state index in [0.717, 1.165) is 28.8 Å². The Bertz CT molecular complexity index is 1330. The van der Waals surface area contributed by atoms with Crippen LogP contribution in [0.25, 0.3) is 0 Å². The lowest BCUT2D eigenvalue weighted by molar-refractivity contribution is -0.137. The molecule has 1 amide bonds. The summed E-state index contributed by atoms with van der Waals surface area (Å²) in [5.74, 6) is -0.863. The number of nitrogens with one attached hydrogen (secondary N) is 1. The van der Waals surface area contributed by atoms with Gasteiger partial charge >= 0.3 is 6.18 Å². The maximum Gasteiger partial charge on any atom is 0.416 e. The molecule has 1 N–H and O–H groups in total. The van der Waals surface area contributed by atoms with E-state index >= 15 is 0 Å². The number of nitrogens with zero attached hydrogens (tertiary/aromatic N) is 2. The minimum Gasteiger partial charge on any atom is -0.325 e. The number of halogens is 4. The lowest BCUT2D eigenvalue weighted by atomic mass is 10.1. The number of fused-ring (bicyclic) bond motifs is 1. The first-order chi connectivity index (χ1) is 16.6. The zero-order chi connectivity index (χ0) is 25.2. The number of aliphatic imine (C=N–C) groups is 2. The van der Waals surface area contributed by atoms with E-state index in [1.165, 1.54) is 36.0 Å². The Kier molecular flexibility index (Phi) is 7.07. The molecular formula is C26H21F4N3OS. The normalized spacial score (nSPS) is 13.4. The van der Waals surface area contributed by atoms with Gasteiger partial charge in [-0.25, -0.2) is 9.38 Å². The van der Waals surface area contributed by atoms with Crippen molar-refractivity contribution in [3.63, 3.8) is 0 Å². The SMILES string of the molecule is Cc1cc2c(cc1C)N=C(c1ccc(F)cc1)CC(SCC(=O)Nc1cccc(C(F)(F)F)c1)=N2. The first kappa shape index (κ1) is 24.7. The van der Waals surface area contributed by atoms with Gasteiger partial charge in [0.15, 0.2) is 0 Å². The average Bonchev–Trinajstić information content (AvgIpc) is 2.97. The van der Waals surface area contributed by atoms with Crippen LogP contribution in [0.3, 0.4) is 0 Å². The van der Waals surface area contributed by atoms with E-state index in [0.29, 0.717) is 28.6 Å². The molecular weight excluding hydrogens is 478 g/mol. The molecule has 0 aromatic heterocycles. The summed E-state index contributed by atoms with van der Waals surface area (Å²) in [7, 11) is 0. The van der Waals surface area contributed by atoms with Gasteiger partial charge < -0.3 is 5.32 Å². The number of carbonyl (C=O) groups excluding carboxylic acids is 1. The van der Waals surface area contributed by atoms with Crippen molar-refractivity contribution in [3.8, 4) is 0 Å². The van der Waals surface area contributed by atoms with Crippen molar-refractivity contribution in [3.05, 3.63) is 88.7 Å². The highest BCUT2D eigenvalue weighted by atomic mass is 32.2. The van der Waals surface area contributed by atoms with Crippen molar-refractivity contribution in [2.45, 2.75) is 26.4 Å². The summed E-state index contributed by atoms with van der Waals surface area (Å²) in [6.45, 7) is 3.95. The van der Waals surface area contributed by atoms with Gasteiger partial charge in [0.1, 0.15) is 5.82 Å². The molecule has 1 heterocycles. The molecule has 4 rings (SSSR count). The molecule has 180 valence electrons. The van der Waals surface area contributed by atoms with E-state index in [4.69, 9.17) is 9.98 Å². The highest BCUT2D eigenvalue weighted by molar-refractivity contribution is 8.14. The summed E-state index contributed by atoms with van der Waals surface area (Å²) < 4.78 is 52.3. The Labute approximate surface area is 204 Å². The summed E-state index contributed by atoms with van der Waals surface area (Å²) in [6.07, 6.45) is -4.18. The first-order valence-electron chi connectivity index (χ1n) is 10.7. The minimum atomic E-state index is -4.50. The smallest absolute Gasteiger partial charge is 0.325 e. The molecule has 3 aromatic carbocycles. The van der Waals surface area contributed by atoms with Crippen LogP contribution in [0.2, 0.25) is 0 Å². The number of rotatable bonds is 4. The van der Waals surface area contributed by atoms with Gasteiger partial charge in [0.2, 0.25) is 5.91 Å². The molecule has 0 saturated carbocycles. The largest absolute Gasteiger partial charge is 0.416 e. The minimum absolute atomic E-state index is 0.0496. The molecule has 9 heteroatoms. The van der Waals surface area contributed by atoms with Crippen molar-refractivity contribution in [1.82, 2.24) is 0 Å². The van der Waals surface area contributed by atoms with Crippen LogP contribution in [0.4, 0.5) is 34.6 Å². The van der Waals surface area contributed by atoms with Gasteiger partial charge in [0.25, 0.3) is 0 Å². The molecule has 0 spiro atoms. The lowest BCUT2D eigenvalue weighted by Crippen LogP contribution is -2.17. The topological polar surface area (TPSA) is 53.8 Å². The van der Waals surface area contributed by atoms with Gasteiger partial charge in [-0.3, -0.25) is 9.79 Å². The third kappa shape index (κ3) is 6.16. The standard InChI is InChI=1S/C26H21F4N3OS/c1-15-10-22-23(11-16(15)2)33-25(13-21(32-22)17-6-8-19(27)9-7-17)35-14-24(34)31-20-5-3-4-18(12-20)26(28,29)30/h3-12H,13-14H2,1-2H3,(H,31,34). The molecule has 0 fully saturated rings. The second-order valence-electron chi connectivity index (χ2n) is 8.09. The zero-order valence-corrected chi connectivity index (χ0v) is 19.7. The van der Waals surface area contributed by atoms with Gasteiger partial charge in [-0.1, -0.05) is 18.2 Å². The van der Waals surface area contributed by atoms with Gasteiger partial charge in [0, 0.05) is 12.1 Å². The molecule has 0 bridgehead atoms. The molecule has 0 aliphatic carbocycles. The Morgan fingerprint density at radius 2 is 1.63 bits per heavy atom. The van der Waals surface area contributed by atoms with E-state index in [9.17, 15) is 22.4 Å². The number of amides is 1.